The van der Waals surface area contributed by atoms with E-state index in [-0.39, 0.29) is 0 Å². The highest BCUT2D eigenvalue weighted by atomic mass is 32.1. The van der Waals surface area contributed by atoms with Crippen LogP contribution in [-0.4, -0.2) is 9.97 Å². The molecular weight excluding hydrogens is 182 g/mol. The highest BCUT2D eigenvalue weighted by Crippen LogP contribution is 2.22. The minimum Gasteiger partial charge on any atom is -0.326 e. The number of nitrogens with zero attached hydrogens (tertiary/aromatic N) is 2. The maximum Gasteiger partial charge on any atom is 0.0893 e. The minimum absolute atomic E-state index is 0.588. The molecule has 4 heteroatoms. The molecule has 2 rings (SSSR count). The Labute approximate surface area is 80.3 Å². The SMILES string of the molecule is NCc1cc(-c2cnccn2)cs1. The van der Waals surface area contributed by atoms with Gasteiger partial charge in [0.05, 0.1) is 11.9 Å². The predicted molar refractivity (Wildman–Crippen MR) is 53.2 cm³/mol. The molecule has 0 spiro atoms. The normalized spacial score (nSPS) is 10.2. The van der Waals surface area contributed by atoms with Crippen molar-refractivity contribution in [2.45, 2.75) is 6.54 Å². The van der Waals surface area contributed by atoms with Crippen molar-refractivity contribution < 1.29 is 0 Å². The van der Waals surface area contributed by atoms with Crippen LogP contribution in [0.25, 0.3) is 11.3 Å². The summed E-state index contributed by atoms with van der Waals surface area (Å²) in [5.74, 6) is 0. The fourth-order valence-electron chi connectivity index (χ4n) is 1.07. The average Bonchev–Trinajstić information content (AvgIpc) is 2.67. The van der Waals surface area contributed by atoms with E-state index in [4.69, 9.17) is 5.73 Å². The lowest BCUT2D eigenvalue weighted by Crippen LogP contribution is -1.91. The summed E-state index contributed by atoms with van der Waals surface area (Å²) in [4.78, 5) is 9.37. The molecule has 2 aromatic heterocycles. The van der Waals surface area contributed by atoms with Crippen LogP contribution in [0.3, 0.4) is 0 Å². The third-order valence-corrected chi connectivity index (χ3v) is 2.67. The van der Waals surface area contributed by atoms with Crippen molar-refractivity contribution in [3.05, 3.63) is 34.9 Å². The number of nitrogens with two attached hydrogens (primary N) is 1. The van der Waals surface area contributed by atoms with Crippen LogP contribution in [0, 0.1) is 0 Å². The molecule has 0 fully saturated rings. The maximum absolute atomic E-state index is 5.52. The van der Waals surface area contributed by atoms with Crippen LogP contribution in [-0.2, 0) is 6.54 Å². The van der Waals surface area contributed by atoms with E-state index >= 15 is 0 Å². The molecule has 0 unspecified atom stereocenters. The Bertz CT molecular complexity index is 383. The van der Waals surface area contributed by atoms with Crippen molar-refractivity contribution >= 4 is 11.3 Å². The van der Waals surface area contributed by atoms with Crippen molar-refractivity contribution in [1.82, 2.24) is 9.97 Å². The molecule has 2 heterocycles. The number of hydrogen-bond acceptors (Lipinski definition) is 4. The molecule has 0 saturated heterocycles. The molecule has 0 aliphatic rings. The molecule has 3 nitrogen and oxygen atoms in total. The van der Waals surface area contributed by atoms with E-state index < -0.39 is 0 Å². The van der Waals surface area contributed by atoms with Crippen molar-refractivity contribution in [1.29, 1.82) is 0 Å². The van der Waals surface area contributed by atoms with Crippen molar-refractivity contribution in [2.75, 3.05) is 0 Å². The Kier molecular flexibility index (Phi) is 2.33. The monoisotopic (exact) mass is 191 g/mol. The van der Waals surface area contributed by atoms with Gasteiger partial charge in [-0.05, 0) is 6.07 Å². The quantitative estimate of drug-likeness (QED) is 0.785. The van der Waals surface area contributed by atoms with Gasteiger partial charge in [0.15, 0.2) is 0 Å². The van der Waals surface area contributed by atoms with Crippen LogP contribution in [0.4, 0.5) is 0 Å². The van der Waals surface area contributed by atoms with Gasteiger partial charge in [-0.1, -0.05) is 0 Å². The molecule has 2 N–H and O–H groups in total. The summed E-state index contributed by atoms with van der Waals surface area (Å²) in [5, 5.41) is 2.05. The zero-order valence-electron chi connectivity index (χ0n) is 6.97. The highest BCUT2D eigenvalue weighted by molar-refractivity contribution is 7.10. The first kappa shape index (κ1) is 8.34. The van der Waals surface area contributed by atoms with E-state index in [1.807, 2.05) is 5.38 Å². The first-order valence-electron chi connectivity index (χ1n) is 3.94. The standard InChI is InChI=1S/C9H9N3S/c10-4-8-3-7(6-13-8)9-5-11-1-2-12-9/h1-3,5-6H,4,10H2. The fraction of sp³-hybridized carbons (Fsp3) is 0.111. The number of aromatic nitrogens is 2. The van der Waals surface area contributed by atoms with E-state index in [1.54, 1.807) is 29.9 Å². The Balaban J connectivity index is 2.36. The van der Waals surface area contributed by atoms with Crippen molar-refractivity contribution in [3.8, 4) is 11.3 Å². The summed E-state index contributed by atoms with van der Waals surface area (Å²) in [5.41, 5.74) is 7.51. The molecule has 0 bridgehead atoms. The van der Waals surface area contributed by atoms with Gasteiger partial charge in [0, 0.05) is 34.8 Å². The summed E-state index contributed by atoms with van der Waals surface area (Å²) >= 11 is 1.65. The average molecular weight is 191 g/mol. The molecular formula is C9H9N3S. The summed E-state index contributed by atoms with van der Waals surface area (Å²) in [7, 11) is 0. The lowest BCUT2D eigenvalue weighted by atomic mass is 10.2. The third-order valence-electron chi connectivity index (χ3n) is 1.71. The lowest BCUT2D eigenvalue weighted by Gasteiger charge is -1.92. The molecule has 0 aliphatic heterocycles. The summed E-state index contributed by atoms with van der Waals surface area (Å²) in [6, 6.07) is 2.05. The van der Waals surface area contributed by atoms with Gasteiger partial charge >= 0.3 is 0 Å². The van der Waals surface area contributed by atoms with Gasteiger partial charge in [-0.15, -0.1) is 11.3 Å². The summed E-state index contributed by atoms with van der Waals surface area (Å²) in [6.45, 7) is 0.588. The van der Waals surface area contributed by atoms with Crippen LogP contribution < -0.4 is 5.73 Å². The highest BCUT2D eigenvalue weighted by Gasteiger charge is 2.01. The zero-order valence-corrected chi connectivity index (χ0v) is 7.79. The molecule has 0 atom stereocenters. The van der Waals surface area contributed by atoms with Gasteiger partial charge in [0.25, 0.3) is 0 Å². The molecule has 2 aromatic rings. The smallest absolute Gasteiger partial charge is 0.0893 e. The van der Waals surface area contributed by atoms with E-state index in [9.17, 15) is 0 Å². The van der Waals surface area contributed by atoms with Gasteiger partial charge < -0.3 is 5.73 Å². The largest absolute Gasteiger partial charge is 0.326 e. The zero-order chi connectivity index (χ0) is 9.10. The van der Waals surface area contributed by atoms with Crippen molar-refractivity contribution in [3.63, 3.8) is 0 Å². The first-order valence-corrected chi connectivity index (χ1v) is 4.82. The third kappa shape index (κ3) is 1.74. The molecule has 0 radical (unpaired) electrons. The summed E-state index contributed by atoms with van der Waals surface area (Å²) < 4.78 is 0. The number of rotatable bonds is 2. The van der Waals surface area contributed by atoms with Gasteiger partial charge in [-0.25, -0.2) is 0 Å². The Morgan fingerprint density at radius 2 is 2.31 bits per heavy atom. The molecule has 0 saturated carbocycles. The molecule has 66 valence electrons. The van der Waals surface area contributed by atoms with Crippen LogP contribution in [0.5, 0.6) is 0 Å². The van der Waals surface area contributed by atoms with E-state index in [2.05, 4.69) is 16.0 Å². The lowest BCUT2D eigenvalue weighted by molar-refractivity contribution is 1.11. The van der Waals surface area contributed by atoms with Gasteiger partial charge in [-0.3, -0.25) is 9.97 Å². The second kappa shape index (κ2) is 3.64. The van der Waals surface area contributed by atoms with Crippen molar-refractivity contribution in [2.24, 2.45) is 5.73 Å². The van der Waals surface area contributed by atoms with E-state index in [0.717, 1.165) is 11.3 Å². The van der Waals surface area contributed by atoms with Gasteiger partial charge in [-0.2, -0.15) is 0 Å². The Morgan fingerprint density at radius 1 is 1.38 bits per heavy atom. The molecule has 0 aromatic carbocycles. The van der Waals surface area contributed by atoms with Gasteiger partial charge in [0.2, 0.25) is 0 Å². The van der Waals surface area contributed by atoms with Gasteiger partial charge in [0.1, 0.15) is 0 Å². The molecule has 0 aliphatic carbocycles. The molecule has 0 amide bonds. The fourth-order valence-corrected chi connectivity index (χ4v) is 1.83. The topological polar surface area (TPSA) is 51.8 Å². The minimum atomic E-state index is 0.588. The Morgan fingerprint density at radius 3 is 2.92 bits per heavy atom. The van der Waals surface area contributed by atoms with Crippen LogP contribution in [0.2, 0.25) is 0 Å². The molecule has 13 heavy (non-hydrogen) atoms. The first-order chi connectivity index (χ1) is 6.40. The van der Waals surface area contributed by atoms with E-state index in [1.165, 1.54) is 4.88 Å². The van der Waals surface area contributed by atoms with E-state index in [0.29, 0.717) is 6.54 Å². The van der Waals surface area contributed by atoms with Crippen LogP contribution in [0.1, 0.15) is 4.88 Å². The number of thiophene rings is 1. The summed E-state index contributed by atoms with van der Waals surface area (Å²) in [6.07, 6.45) is 5.11. The number of hydrogen-bond donors (Lipinski definition) is 1. The predicted octanol–water partition coefficient (Wildman–Crippen LogP) is 1.66. The van der Waals surface area contributed by atoms with Crippen LogP contribution >= 0.6 is 11.3 Å². The Hall–Kier alpha value is -1.26. The van der Waals surface area contributed by atoms with Crippen LogP contribution in [0.15, 0.2) is 30.0 Å². The second-order valence-electron chi connectivity index (χ2n) is 2.60. The second-order valence-corrected chi connectivity index (χ2v) is 3.59. The maximum atomic E-state index is 5.52.